The van der Waals surface area contributed by atoms with E-state index >= 15 is 0 Å². The molecule has 1 aromatic carbocycles. The Hall–Kier alpha value is -2.39. The summed E-state index contributed by atoms with van der Waals surface area (Å²) in [6.07, 6.45) is 5.95. The minimum Gasteiger partial charge on any atom is -0.362 e. The van der Waals surface area contributed by atoms with Crippen molar-refractivity contribution >= 4 is 11.4 Å². The number of hydrogen-bond donors (Lipinski definition) is 2. The number of allylic oxidation sites excluding steroid dienone is 3. The lowest BCUT2D eigenvalue weighted by molar-refractivity contribution is 0.893. The quantitative estimate of drug-likeness (QED) is 0.871. The Balaban J connectivity index is 2.56. The van der Waals surface area contributed by atoms with Gasteiger partial charge in [-0.25, -0.2) is 0 Å². The molecule has 1 atom stereocenters. The van der Waals surface area contributed by atoms with E-state index in [-0.39, 0.29) is 6.04 Å². The molecular formula is C19H23N3. The second-order valence-corrected chi connectivity index (χ2v) is 5.54. The van der Waals surface area contributed by atoms with E-state index < -0.39 is 0 Å². The highest BCUT2D eigenvalue weighted by Gasteiger charge is 2.10. The Labute approximate surface area is 132 Å². The van der Waals surface area contributed by atoms with Crippen molar-refractivity contribution in [2.24, 2.45) is 10.7 Å². The smallest absolute Gasteiger partial charge is 0.0725 e. The third kappa shape index (κ3) is 4.06. The Morgan fingerprint density at radius 3 is 2.45 bits per heavy atom. The number of nitrogens with two attached hydrogens (primary N) is 1. The molecule has 1 aliphatic rings. The summed E-state index contributed by atoms with van der Waals surface area (Å²) in [6.45, 7) is 10.0. The van der Waals surface area contributed by atoms with Gasteiger partial charge >= 0.3 is 0 Å². The van der Waals surface area contributed by atoms with Gasteiger partial charge in [0.15, 0.2) is 0 Å². The second kappa shape index (κ2) is 7.05. The lowest BCUT2D eigenvalue weighted by atomic mass is 10.0. The maximum atomic E-state index is 6.11. The Morgan fingerprint density at radius 1 is 1.14 bits per heavy atom. The van der Waals surface area contributed by atoms with E-state index in [0.29, 0.717) is 0 Å². The largest absolute Gasteiger partial charge is 0.362 e. The van der Waals surface area contributed by atoms with E-state index in [1.165, 1.54) is 0 Å². The average Bonchev–Trinajstić information content (AvgIpc) is 2.50. The molecule has 0 bridgehead atoms. The molecule has 0 amide bonds. The fourth-order valence-corrected chi connectivity index (χ4v) is 2.30. The van der Waals surface area contributed by atoms with Crippen molar-refractivity contribution in [3.05, 3.63) is 77.7 Å². The van der Waals surface area contributed by atoms with Crippen molar-refractivity contribution in [3.8, 4) is 0 Å². The van der Waals surface area contributed by atoms with Crippen LogP contribution >= 0.6 is 0 Å². The first-order valence-corrected chi connectivity index (χ1v) is 7.39. The van der Waals surface area contributed by atoms with Crippen LogP contribution in [-0.4, -0.2) is 11.8 Å². The number of nitrogens with zero attached hydrogens (tertiary/aromatic N) is 1. The molecule has 1 unspecified atom stereocenters. The molecule has 0 fully saturated rings. The molecule has 0 saturated carbocycles. The third-order valence-electron chi connectivity index (χ3n) is 3.45. The fraction of sp³-hybridized carbons (Fsp3) is 0.211. The van der Waals surface area contributed by atoms with Gasteiger partial charge in [0, 0.05) is 29.2 Å². The number of hydrogen-bond acceptors (Lipinski definition) is 3. The molecule has 3 N–H and O–H groups in total. The van der Waals surface area contributed by atoms with Gasteiger partial charge in [0.2, 0.25) is 0 Å². The van der Waals surface area contributed by atoms with Crippen LogP contribution in [0.3, 0.4) is 0 Å². The Bertz CT molecular complexity index is 674. The maximum Gasteiger partial charge on any atom is 0.0725 e. The molecule has 0 spiro atoms. The SMILES string of the molecule is C=C1\C=C(c2ccccc2)/N=C(C)\C(C(C)N)=C/C(C)=C\N1. The van der Waals surface area contributed by atoms with Crippen LogP contribution in [0.4, 0.5) is 0 Å². The highest BCUT2D eigenvalue weighted by Crippen LogP contribution is 2.20. The van der Waals surface area contributed by atoms with Gasteiger partial charge < -0.3 is 11.1 Å². The number of rotatable bonds is 2. The highest BCUT2D eigenvalue weighted by atomic mass is 14.9. The van der Waals surface area contributed by atoms with Crippen LogP contribution < -0.4 is 11.1 Å². The first-order chi connectivity index (χ1) is 10.5. The van der Waals surface area contributed by atoms with Crippen LogP contribution in [0.15, 0.2) is 77.1 Å². The average molecular weight is 293 g/mol. The lowest BCUT2D eigenvalue weighted by Crippen LogP contribution is -2.23. The Morgan fingerprint density at radius 2 is 1.82 bits per heavy atom. The first kappa shape index (κ1) is 16.0. The highest BCUT2D eigenvalue weighted by molar-refractivity contribution is 6.02. The molecule has 2 rings (SSSR count). The number of nitrogens with one attached hydrogen (secondary N) is 1. The van der Waals surface area contributed by atoms with Gasteiger partial charge in [0.1, 0.15) is 0 Å². The van der Waals surface area contributed by atoms with Crippen LogP contribution in [0.1, 0.15) is 26.3 Å². The van der Waals surface area contributed by atoms with Crippen molar-refractivity contribution in [3.63, 3.8) is 0 Å². The van der Waals surface area contributed by atoms with Gasteiger partial charge in [-0.05, 0) is 38.0 Å². The molecule has 3 heteroatoms. The van der Waals surface area contributed by atoms with E-state index in [0.717, 1.165) is 33.8 Å². The van der Waals surface area contributed by atoms with Gasteiger partial charge in [-0.2, -0.15) is 0 Å². The van der Waals surface area contributed by atoms with Crippen molar-refractivity contribution in [2.75, 3.05) is 0 Å². The summed E-state index contributed by atoms with van der Waals surface area (Å²) in [5, 5.41) is 3.19. The van der Waals surface area contributed by atoms with Gasteiger partial charge in [-0.3, -0.25) is 4.99 Å². The monoisotopic (exact) mass is 293 g/mol. The summed E-state index contributed by atoms with van der Waals surface area (Å²) in [6, 6.07) is 10.0. The van der Waals surface area contributed by atoms with Gasteiger partial charge in [0.05, 0.1) is 5.70 Å². The van der Waals surface area contributed by atoms with Crippen LogP contribution in [0, 0.1) is 0 Å². The summed E-state index contributed by atoms with van der Waals surface area (Å²) in [7, 11) is 0. The normalized spacial score (nSPS) is 27.0. The van der Waals surface area contributed by atoms with Gasteiger partial charge in [0.25, 0.3) is 0 Å². The molecule has 0 aromatic heterocycles. The fourth-order valence-electron chi connectivity index (χ4n) is 2.30. The van der Waals surface area contributed by atoms with Crippen molar-refractivity contribution in [2.45, 2.75) is 26.8 Å². The lowest BCUT2D eigenvalue weighted by Gasteiger charge is -2.15. The zero-order valence-electron chi connectivity index (χ0n) is 13.4. The molecule has 0 radical (unpaired) electrons. The molecule has 0 saturated heterocycles. The Kier molecular flexibility index (Phi) is 5.12. The number of aliphatic imine (C=N–C) groups is 1. The molecule has 3 nitrogen and oxygen atoms in total. The van der Waals surface area contributed by atoms with Gasteiger partial charge in [-0.15, -0.1) is 0 Å². The van der Waals surface area contributed by atoms with Crippen molar-refractivity contribution in [1.82, 2.24) is 5.32 Å². The van der Waals surface area contributed by atoms with Crippen LogP contribution in [-0.2, 0) is 0 Å². The summed E-state index contributed by atoms with van der Waals surface area (Å²) in [5.41, 5.74) is 11.9. The van der Waals surface area contributed by atoms with E-state index in [4.69, 9.17) is 10.7 Å². The topological polar surface area (TPSA) is 50.4 Å². The van der Waals surface area contributed by atoms with Crippen LogP contribution in [0.5, 0.6) is 0 Å². The van der Waals surface area contributed by atoms with Crippen molar-refractivity contribution < 1.29 is 0 Å². The molecule has 0 aliphatic carbocycles. The van der Waals surface area contributed by atoms with Crippen molar-refractivity contribution in [1.29, 1.82) is 0 Å². The van der Waals surface area contributed by atoms with E-state index in [2.05, 4.69) is 18.0 Å². The molecular weight excluding hydrogens is 270 g/mol. The molecule has 1 aliphatic heterocycles. The molecule has 1 heterocycles. The van der Waals surface area contributed by atoms with Crippen LogP contribution in [0.2, 0.25) is 0 Å². The number of benzene rings is 1. The standard InChI is InChI=1S/C19H23N3/c1-13-10-18(15(3)20)16(4)22-19(11-14(2)21-12-13)17-8-6-5-7-9-17/h5-12,15,21H,2,20H2,1,3-4H3/b13-12-,18-10-,19-11-,22-16-. The predicted molar refractivity (Wildman–Crippen MR) is 95.3 cm³/mol. The first-order valence-electron chi connectivity index (χ1n) is 7.39. The zero-order valence-corrected chi connectivity index (χ0v) is 13.4. The third-order valence-corrected chi connectivity index (χ3v) is 3.45. The molecule has 22 heavy (non-hydrogen) atoms. The summed E-state index contributed by atoms with van der Waals surface area (Å²) >= 11 is 0. The summed E-state index contributed by atoms with van der Waals surface area (Å²) in [4.78, 5) is 4.80. The van der Waals surface area contributed by atoms with E-state index in [1.54, 1.807) is 0 Å². The summed E-state index contributed by atoms with van der Waals surface area (Å²) < 4.78 is 0. The second-order valence-electron chi connectivity index (χ2n) is 5.54. The maximum absolute atomic E-state index is 6.11. The molecule has 114 valence electrons. The molecule has 1 aromatic rings. The minimum absolute atomic E-state index is 0.0771. The van der Waals surface area contributed by atoms with Gasteiger partial charge in [-0.1, -0.05) is 43.0 Å². The van der Waals surface area contributed by atoms with E-state index in [9.17, 15) is 0 Å². The summed E-state index contributed by atoms with van der Waals surface area (Å²) in [5.74, 6) is 0. The zero-order chi connectivity index (χ0) is 16.1. The predicted octanol–water partition coefficient (Wildman–Crippen LogP) is 3.78. The van der Waals surface area contributed by atoms with E-state index in [1.807, 2.05) is 63.4 Å². The van der Waals surface area contributed by atoms with Crippen LogP contribution in [0.25, 0.3) is 5.70 Å². The minimum atomic E-state index is -0.0771.